The number of esters is 1. The lowest BCUT2D eigenvalue weighted by Crippen LogP contribution is -2.23. The Morgan fingerprint density at radius 3 is 2.67 bits per heavy atom. The van der Waals surface area contributed by atoms with Gasteiger partial charge in [0.1, 0.15) is 5.82 Å². The van der Waals surface area contributed by atoms with Crippen molar-refractivity contribution in [3.8, 4) is 0 Å². The van der Waals surface area contributed by atoms with Crippen LogP contribution < -0.4 is 5.32 Å². The van der Waals surface area contributed by atoms with Crippen LogP contribution in [-0.2, 0) is 9.53 Å². The smallest absolute Gasteiger partial charge is 0.356 e. The van der Waals surface area contributed by atoms with E-state index in [1.54, 1.807) is 13.8 Å². The van der Waals surface area contributed by atoms with E-state index < -0.39 is 5.97 Å². The van der Waals surface area contributed by atoms with E-state index in [1.165, 1.54) is 6.20 Å². The van der Waals surface area contributed by atoms with Crippen molar-refractivity contribution in [1.29, 1.82) is 0 Å². The van der Waals surface area contributed by atoms with Crippen LogP contribution in [0.15, 0.2) is 12.4 Å². The summed E-state index contributed by atoms with van der Waals surface area (Å²) in [6.45, 7) is 4.16. The molecule has 0 amide bonds. The summed E-state index contributed by atoms with van der Waals surface area (Å²) in [4.78, 5) is 29.5. The Labute approximate surface area is 104 Å². The van der Waals surface area contributed by atoms with Crippen molar-refractivity contribution in [2.45, 2.75) is 13.8 Å². The molecule has 0 spiro atoms. The van der Waals surface area contributed by atoms with Crippen LogP contribution in [0, 0.1) is 5.92 Å². The maximum atomic E-state index is 11.3. The highest BCUT2D eigenvalue weighted by Gasteiger charge is 2.13. The number of nitrogens with zero attached hydrogens (tertiary/aromatic N) is 2. The summed E-state index contributed by atoms with van der Waals surface area (Å²) >= 11 is 0. The van der Waals surface area contributed by atoms with Crippen LogP contribution >= 0.6 is 0 Å². The van der Waals surface area contributed by atoms with E-state index in [-0.39, 0.29) is 17.6 Å². The van der Waals surface area contributed by atoms with Crippen LogP contribution in [-0.4, -0.2) is 40.2 Å². The number of carbonyl (C=O) groups is 2. The van der Waals surface area contributed by atoms with E-state index in [0.29, 0.717) is 19.0 Å². The number of aromatic carboxylic acids is 1. The minimum atomic E-state index is -1.13. The van der Waals surface area contributed by atoms with Crippen LogP contribution in [0.25, 0.3) is 0 Å². The molecule has 1 rings (SSSR count). The second kappa shape index (κ2) is 6.53. The predicted octanol–water partition coefficient (Wildman–Crippen LogP) is 0.786. The van der Waals surface area contributed by atoms with Crippen molar-refractivity contribution in [3.63, 3.8) is 0 Å². The molecule has 0 bridgehead atoms. The maximum absolute atomic E-state index is 11.3. The van der Waals surface area contributed by atoms with Crippen molar-refractivity contribution < 1.29 is 19.4 Å². The molecule has 18 heavy (non-hydrogen) atoms. The molecule has 0 saturated heterocycles. The van der Waals surface area contributed by atoms with Gasteiger partial charge in [-0.3, -0.25) is 4.79 Å². The molecular weight excluding hydrogens is 238 g/mol. The number of carboxylic acid groups (broad SMARTS) is 1. The van der Waals surface area contributed by atoms with Crippen molar-refractivity contribution in [3.05, 3.63) is 18.1 Å². The molecule has 1 aromatic rings. The van der Waals surface area contributed by atoms with Crippen molar-refractivity contribution in [2.75, 3.05) is 18.5 Å². The summed E-state index contributed by atoms with van der Waals surface area (Å²) in [6, 6.07) is 0. The first-order valence-corrected chi connectivity index (χ1v) is 5.50. The number of nitrogens with one attached hydrogen (secondary N) is 1. The molecule has 2 N–H and O–H groups in total. The monoisotopic (exact) mass is 253 g/mol. The lowest BCUT2D eigenvalue weighted by atomic mass is 10.2. The first-order chi connectivity index (χ1) is 8.54. The number of ether oxygens (including phenoxy) is 1. The average molecular weight is 253 g/mol. The topological polar surface area (TPSA) is 101 Å². The Kier molecular flexibility index (Phi) is 5.04. The van der Waals surface area contributed by atoms with Gasteiger partial charge in [-0.25, -0.2) is 14.8 Å². The lowest BCUT2D eigenvalue weighted by molar-refractivity contribution is -0.146. The molecule has 7 nitrogen and oxygen atoms in total. The number of rotatable bonds is 6. The second-order valence-electron chi connectivity index (χ2n) is 3.63. The van der Waals surface area contributed by atoms with E-state index >= 15 is 0 Å². The molecule has 0 saturated carbocycles. The highest BCUT2D eigenvalue weighted by Crippen LogP contribution is 2.04. The molecule has 0 aliphatic carbocycles. The van der Waals surface area contributed by atoms with E-state index in [4.69, 9.17) is 9.84 Å². The maximum Gasteiger partial charge on any atom is 0.356 e. The van der Waals surface area contributed by atoms with Crippen LogP contribution in [0.1, 0.15) is 24.3 Å². The number of hydrogen-bond donors (Lipinski definition) is 2. The molecule has 0 aromatic carbocycles. The number of carboxylic acids is 1. The zero-order valence-electron chi connectivity index (χ0n) is 10.2. The zero-order valence-corrected chi connectivity index (χ0v) is 10.2. The Bertz CT molecular complexity index is 419. The molecule has 98 valence electrons. The Hall–Kier alpha value is -2.18. The number of aromatic nitrogens is 2. The SMILES string of the molecule is CCOC(=O)C(C)CNc1cnc(C(=O)O)cn1. The van der Waals surface area contributed by atoms with E-state index in [9.17, 15) is 9.59 Å². The molecule has 0 aliphatic rings. The predicted molar refractivity (Wildman–Crippen MR) is 63.3 cm³/mol. The second-order valence-corrected chi connectivity index (χ2v) is 3.63. The first kappa shape index (κ1) is 13.9. The van der Waals surface area contributed by atoms with Crippen molar-refractivity contribution in [1.82, 2.24) is 9.97 Å². The van der Waals surface area contributed by atoms with E-state index in [1.807, 2.05) is 0 Å². The minimum Gasteiger partial charge on any atom is -0.476 e. The van der Waals surface area contributed by atoms with Crippen LogP contribution in [0.2, 0.25) is 0 Å². The van der Waals surface area contributed by atoms with Gasteiger partial charge in [0.15, 0.2) is 5.69 Å². The Morgan fingerprint density at radius 2 is 2.17 bits per heavy atom. The zero-order chi connectivity index (χ0) is 13.5. The average Bonchev–Trinajstić information content (AvgIpc) is 2.36. The molecule has 0 aliphatic heterocycles. The highest BCUT2D eigenvalue weighted by molar-refractivity contribution is 5.84. The molecule has 0 radical (unpaired) electrons. The summed E-state index contributed by atoms with van der Waals surface area (Å²) in [6.07, 6.45) is 2.46. The fraction of sp³-hybridized carbons (Fsp3) is 0.455. The largest absolute Gasteiger partial charge is 0.476 e. The standard InChI is InChI=1S/C11H15N3O4/c1-3-18-11(17)7(2)4-13-9-6-12-8(5-14-9)10(15)16/h5-7H,3-4H2,1-2H3,(H,13,14)(H,15,16). The summed E-state index contributed by atoms with van der Waals surface area (Å²) in [5, 5.41) is 11.5. The molecule has 7 heteroatoms. The summed E-state index contributed by atoms with van der Waals surface area (Å²) < 4.78 is 4.85. The van der Waals surface area contributed by atoms with Crippen LogP contribution in [0.3, 0.4) is 0 Å². The van der Waals surface area contributed by atoms with Gasteiger partial charge in [-0.05, 0) is 6.92 Å². The third-order valence-electron chi connectivity index (χ3n) is 2.15. The quantitative estimate of drug-likeness (QED) is 0.722. The molecule has 1 unspecified atom stereocenters. The summed E-state index contributed by atoms with van der Waals surface area (Å²) in [5.41, 5.74) is -0.126. The third-order valence-corrected chi connectivity index (χ3v) is 2.15. The van der Waals surface area contributed by atoms with Gasteiger partial charge in [-0.1, -0.05) is 6.92 Å². The molecule has 1 heterocycles. The van der Waals surface area contributed by atoms with Crippen molar-refractivity contribution in [2.24, 2.45) is 5.92 Å². The van der Waals surface area contributed by atoms with Gasteiger partial charge in [-0.2, -0.15) is 0 Å². The Morgan fingerprint density at radius 1 is 1.44 bits per heavy atom. The molecule has 1 atom stereocenters. The minimum absolute atomic E-state index is 0.126. The van der Waals surface area contributed by atoms with Gasteiger partial charge in [-0.15, -0.1) is 0 Å². The lowest BCUT2D eigenvalue weighted by Gasteiger charge is -2.11. The van der Waals surface area contributed by atoms with Gasteiger partial charge in [0, 0.05) is 6.54 Å². The van der Waals surface area contributed by atoms with Gasteiger partial charge >= 0.3 is 11.9 Å². The first-order valence-electron chi connectivity index (χ1n) is 5.50. The van der Waals surface area contributed by atoms with E-state index in [0.717, 1.165) is 6.20 Å². The highest BCUT2D eigenvalue weighted by atomic mass is 16.5. The normalized spacial score (nSPS) is 11.7. The van der Waals surface area contributed by atoms with Gasteiger partial charge < -0.3 is 15.2 Å². The van der Waals surface area contributed by atoms with Gasteiger partial charge in [0.2, 0.25) is 0 Å². The number of carbonyl (C=O) groups excluding carboxylic acids is 1. The van der Waals surface area contributed by atoms with Crippen LogP contribution in [0.4, 0.5) is 5.82 Å². The third kappa shape index (κ3) is 4.00. The summed E-state index contributed by atoms with van der Waals surface area (Å²) in [5.74, 6) is -1.32. The number of anilines is 1. The molecule has 0 fully saturated rings. The Balaban J connectivity index is 2.48. The van der Waals surface area contributed by atoms with Crippen molar-refractivity contribution >= 4 is 17.8 Å². The number of hydrogen-bond acceptors (Lipinski definition) is 6. The fourth-order valence-electron chi connectivity index (χ4n) is 1.16. The van der Waals surface area contributed by atoms with Gasteiger partial charge in [0.05, 0.1) is 24.9 Å². The van der Waals surface area contributed by atoms with Crippen LogP contribution in [0.5, 0.6) is 0 Å². The van der Waals surface area contributed by atoms with E-state index in [2.05, 4.69) is 15.3 Å². The molecular formula is C11H15N3O4. The summed E-state index contributed by atoms with van der Waals surface area (Å²) in [7, 11) is 0. The fourth-order valence-corrected chi connectivity index (χ4v) is 1.16. The van der Waals surface area contributed by atoms with Gasteiger partial charge in [0.25, 0.3) is 0 Å². The molecule has 1 aromatic heterocycles.